The Morgan fingerprint density at radius 1 is 0.640 bits per heavy atom. The molecule has 0 fully saturated rings. The Morgan fingerprint density at radius 2 is 0.960 bits per heavy atom. The Balaban J connectivity index is 2.22. The Morgan fingerprint density at radius 3 is 1.24 bits per heavy atom. The highest BCUT2D eigenvalue weighted by Crippen LogP contribution is 2.26. The first-order valence-electron chi connectivity index (χ1n) is 7.42. The molecule has 2 aromatic carbocycles. The van der Waals surface area contributed by atoms with Gasteiger partial charge < -0.3 is 4.13 Å². The molecule has 0 radical (unpaired) electrons. The van der Waals surface area contributed by atoms with E-state index in [-0.39, 0.29) is 9.79 Å². The number of benzene rings is 2. The van der Waals surface area contributed by atoms with Crippen LogP contribution in [0.5, 0.6) is 0 Å². The second kappa shape index (κ2) is 8.59. The number of aryl methyl sites for hydroxylation is 2. The van der Waals surface area contributed by atoms with Crippen LogP contribution in [-0.2, 0) is 32.9 Å². The molecule has 0 bridgehead atoms. The van der Waals surface area contributed by atoms with Crippen LogP contribution < -0.4 is 0 Å². The van der Waals surface area contributed by atoms with E-state index in [2.05, 4.69) is 29.4 Å². The van der Waals surface area contributed by atoms with Crippen molar-refractivity contribution in [2.45, 2.75) is 22.6 Å². The van der Waals surface area contributed by atoms with Gasteiger partial charge in [0.25, 0.3) is 0 Å². The van der Waals surface area contributed by atoms with Gasteiger partial charge in [-0.05, 0) is 59.7 Å². The molecule has 0 heterocycles. The van der Waals surface area contributed by atoms with Crippen LogP contribution in [0.2, 0.25) is 0 Å². The molecule has 0 unspecified atom stereocenters. The highest BCUT2D eigenvalue weighted by Gasteiger charge is 2.13. The SMILES string of the molecule is O=S(=O)([N-]S(=O)(=O)c1ccc(CCS)cc1)c1ccc(CCS)cc1. The third-order valence-corrected chi connectivity index (χ3v) is 7.19. The Hall–Kier alpha value is -1.00. The largest absolute Gasteiger partial charge is 0.428 e. The molecule has 5 nitrogen and oxygen atoms in total. The molecule has 2 aromatic rings. The van der Waals surface area contributed by atoms with Gasteiger partial charge in [0.2, 0.25) is 0 Å². The van der Waals surface area contributed by atoms with E-state index in [4.69, 9.17) is 0 Å². The molecule has 2 rings (SSSR count). The van der Waals surface area contributed by atoms with Gasteiger partial charge in [0.1, 0.15) is 20.0 Å². The average Bonchev–Trinajstić information content (AvgIpc) is 2.55. The third kappa shape index (κ3) is 5.49. The normalized spacial score (nSPS) is 12.2. The van der Waals surface area contributed by atoms with Gasteiger partial charge in [-0.1, -0.05) is 24.3 Å². The Bertz CT molecular complexity index is 828. The number of thiol groups is 2. The Kier molecular flexibility index (Phi) is 6.98. The highest BCUT2D eigenvalue weighted by molar-refractivity contribution is 8.12. The summed E-state index contributed by atoms with van der Waals surface area (Å²) in [7, 11) is -8.62. The summed E-state index contributed by atoms with van der Waals surface area (Å²) in [5.74, 6) is 1.27. The van der Waals surface area contributed by atoms with Gasteiger partial charge in [-0.3, -0.25) is 0 Å². The third-order valence-electron chi connectivity index (χ3n) is 3.44. The summed E-state index contributed by atoms with van der Waals surface area (Å²) in [6.45, 7) is 0. The molecule has 0 aliphatic carbocycles. The fraction of sp³-hybridized carbons (Fsp3) is 0.250. The molecular formula is C16H18NO4S4-. The minimum absolute atomic E-state index is 0.161. The number of hydrogen-bond acceptors (Lipinski definition) is 6. The number of rotatable bonds is 8. The van der Waals surface area contributed by atoms with Crippen molar-refractivity contribution in [1.29, 1.82) is 0 Å². The number of nitrogens with zero attached hydrogens (tertiary/aromatic N) is 1. The first-order chi connectivity index (χ1) is 11.8. The van der Waals surface area contributed by atoms with Crippen molar-refractivity contribution < 1.29 is 16.8 Å². The molecule has 0 aliphatic heterocycles. The van der Waals surface area contributed by atoms with Crippen molar-refractivity contribution in [2.75, 3.05) is 11.5 Å². The van der Waals surface area contributed by atoms with Gasteiger partial charge in [0.15, 0.2) is 0 Å². The molecule has 0 saturated heterocycles. The highest BCUT2D eigenvalue weighted by atomic mass is 32.3. The average molecular weight is 417 g/mol. The number of hydrogen-bond donors (Lipinski definition) is 2. The van der Waals surface area contributed by atoms with Gasteiger partial charge >= 0.3 is 0 Å². The molecule has 0 spiro atoms. The first kappa shape index (κ1) is 20.3. The second-order valence-corrected chi connectivity index (χ2v) is 9.59. The van der Waals surface area contributed by atoms with Crippen LogP contribution in [0.1, 0.15) is 11.1 Å². The predicted octanol–water partition coefficient (Wildman–Crippen LogP) is 3.08. The second-order valence-electron chi connectivity index (χ2n) is 5.26. The lowest BCUT2D eigenvalue weighted by molar-refractivity contribution is 0.595. The standard InChI is InChI=1S/C16H18NO4S4/c18-24(19,15-5-1-13(2-6-15)9-11-22)17-25(20,21)16-7-3-14(4-8-16)10-12-23/h1-8,22-23H,9-12H2/q-1. The zero-order valence-corrected chi connectivity index (χ0v) is 16.7. The van der Waals surface area contributed by atoms with Gasteiger partial charge in [-0.25, -0.2) is 16.8 Å². The summed E-state index contributed by atoms with van der Waals surface area (Å²) in [5.41, 5.74) is 1.83. The van der Waals surface area contributed by atoms with Crippen molar-refractivity contribution in [2.24, 2.45) is 0 Å². The zero-order valence-electron chi connectivity index (χ0n) is 13.2. The van der Waals surface area contributed by atoms with E-state index in [1.807, 2.05) is 0 Å². The lowest BCUT2D eigenvalue weighted by Crippen LogP contribution is -2.08. The van der Waals surface area contributed by atoms with E-state index >= 15 is 0 Å². The van der Waals surface area contributed by atoms with Gasteiger partial charge in [0.05, 0.1) is 0 Å². The molecule has 9 heteroatoms. The van der Waals surface area contributed by atoms with E-state index < -0.39 is 20.0 Å². The predicted molar refractivity (Wildman–Crippen MR) is 106 cm³/mol. The fourth-order valence-electron chi connectivity index (χ4n) is 2.13. The molecule has 0 N–H and O–H groups in total. The van der Waals surface area contributed by atoms with Gasteiger partial charge in [0, 0.05) is 9.79 Å². The van der Waals surface area contributed by atoms with Crippen LogP contribution in [0.3, 0.4) is 0 Å². The first-order valence-corrected chi connectivity index (χ1v) is 11.6. The minimum Gasteiger partial charge on any atom is -0.428 e. The van der Waals surface area contributed by atoms with Crippen molar-refractivity contribution >= 4 is 45.3 Å². The summed E-state index contributed by atoms with van der Waals surface area (Å²) in [5, 5.41) is 0. The summed E-state index contributed by atoms with van der Waals surface area (Å²) >= 11 is 8.22. The molecule has 0 aliphatic rings. The molecule has 25 heavy (non-hydrogen) atoms. The van der Waals surface area contributed by atoms with E-state index in [1.165, 1.54) is 24.3 Å². The van der Waals surface area contributed by atoms with E-state index in [0.717, 1.165) is 11.1 Å². The van der Waals surface area contributed by atoms with Gasteiger partial charge in [-0.2, -0.15) is 25.3 Å². The zero-order chi connectivity index (χ0) is 18.5. The van der Waals surface area contributed by atoms with Crippen LogP contribution in [-0.4, -0.2) is 28.3 Å². The maximum atomic E-state index is 12.3. The minimum atomic E-state index is -4.31. The summed E-state index contributed by atoms with van der Waals surface area (Å²) < 4.78 is 52.3. The summed E-state index contributed by atoms with van der Waals surface area (Å²) in [4.78, 5) is -0.323. The summed E-state index contributed by atoms with van der Waals surface area (Å²) in [6.07, 6.45) is 1.38. The fourth-order valence-corrected chi connectivity index (χ4v) is 5.33. The molecule has 0 aromatic heterocycles. The van der Waals surface area contributed by atoms with Gasteiger partial charge in [-0.15, -0.1) is 0 Å². The van der Waals surface area contributed by atoms with Crippen LogP contribution in [0.25, 0.3) is 4.13 Å². The molecule has 0 atom stereocenters. The maximum absolute atomic E-state index is 12.3. The van der Waals surface area contributed by atoms with Crippen LogP contribution in [0, 0.1) is 0 Å². The molecule has 0 amide bonds. The lowest BCUT2D eigenvalue weighted by Gasteiger charge is -2.21. The topological polar surface area (TPSA) is 82.4 Å². The number of sulfonamides is 2. The lowest BCUT2D eigenvalue weighted by atomic mass is 10.2. The monoisotopic (exact) mass is 416 g/mol. The quantitative estimate of drug-likeness (QED) is 0.648. The Labute approximate surface area is 159 Å². The van der Waals surface area contributed by atoms with Crippen molar-refractivity contribution in [3.63, 3.8) is 0 Å². The summed E-state index contributed by atoms with van der Waals surface area (Å²) in [6, 6.07) is 11.9. The van der Waals surface area contributed by atoms with E-state index in [1.54, 1.807) is 24.3 Å². The molecular weight excluding hydrogens is 398 g/mol. The van der Waals surface area contributed by atoms with Crippen molar-refractivity contribution in [1.82, 2.24) is 0 Å². The smallest absolute Gasteiger partial charge is 0.112 e. The van der Waals surface area contributed by atoms with E-state index in [9.17, 15) is 16.8 Å². The molecule has 0 saturated carbocycles. The van der Waals surface area contributed by atoms with E-state index in [0.29, 0.717) is 24.3 Å². The van der Waals surface area contributed by atoms with Crippen LogP contribution in [0.15, 0.2) is 58.3 Å². The van der Waals surface area contributed by atoms with Crippen molar-refractivity contribution in [3.05, 3.63) is 63.8 Å². The maximum Gasteiger partial charge on any atom is 0.112 e. The van der Waals surface area contributed by atoms with Crippen LogP contribution >= 0.6 is 25.3 Å². The van der Waals surface area contributed by atoms with Crippen molar-refractivity contribution in [3.8, 4) is 0 Å². The molecule has 136 valence electrons. The van der Waals surface area contributed by atoms with Crippen LogP contribution in [0.4, 0.5) is 0 Å².